The van der Waals surface area contributed by atoms with E-state index in [4.69, 9.17) is 0 Å². The van der Waals surface area contributed by atoms with Gasteiger partial charge in [0.15, 0.2) is 11.0 Å². The van der Waals surface area contributed by atoms with Gasteiger partial charge in [-0.1, -0.05) is 50.6 Å². The Bertz CT molecular complexity index is 779. The predicted octanol–water partition coefficient (Wildman–Crippen LogP) is 3.65. The normalized spacial score (nSPS) is 23.0. The van der Waals surface area contributed by atoms with Gasteiger partial charge in [-0.15, -0.1) is 10.2 Å². The number of carbonyl (C=O) groups excluding carboxylic acids is 1. The molecule has 0 bridgehead atoms. The van der Waals surface area contributed by atoms with Gasteiger partial charge in [0.25, 0.3) is 0 Å². The van der Waals surface area contributed by atoms with Gasteiger partial charge >= 0.3 is 0 Å². The van der Waals surface area contributed by atoms with E-state index < -0.39 is 0 Å². The molecule has 0 spiro atoms. The summed E-state index contributed by atoms with van der Waals surface area (Å²) >= 11 is 1.32. The van der Waals surface area contributed by atoms with E-state index in [9.17, 15) is 9.18 Å². The molecule has 1 aliphatic rings. The number of halogens is 1. The third kappa shape index (κ3) is 4.09. The molecule has 1 aromatic carbocycles. The lowest BCUT2D eigenvalue weighted by atomic mass is 9.78. The molecule has 1 heterocycles. The number of carbonyl (C=O) groups is 1. The zero-order valence-corrected chi connectivity index (χ0v) is 16.2. The maximum absolute atomic E-state index is 14.0. The summed E-state index contributed by atoms with van der Waals surface area (Å²) in [6.45, 7) is 4.47. The van der Waals surface area contributed by atoms with Crippen LogP contribution in [0.25, 0.3) is 11.4 Å². The van der Waals surface area contributed by atoms with Crippen LogP contribution in [0.2, 0.25) is 0 Å². The van der Waals surface area contributed by atoms with Crippen LogP contribution in [-0.4, -0.2) is 32.5 Å². The van der Waals surface area contributed by atoms with E-state index >= 15 is 0 Å². The lowest BCUT2D eigenvalue weighted by molar-refractivity contribution is -0.120. The minimum atomic E-state index is -0.335. The summed E-state index contributed by atoms with van der Waals surface area (Å²) in [5, 5.41) is 12.0. The summed E-state index contributed by atoms with van der Waals surface area (Å²) in [6.07, 6.45) is 3.45. The highest BCUT2D eigenvalue weighted by Crippen LogP contribution is 2.30. The number of thioether (sulfide) groups is 1. The van der Waals surface area contributed by atoms with Crippen molar-refractivity contribution in [3.05, 3.63) is 30.1 Å². The average Bonchev–Trinajstić information content (AvgIpc) is 2.98. The first-order valence-electron chi connectivity index (χ1n) is 9.03. The largest absolute Gasteiger partial charge is 0.352 e. The number of nitrogens with one attached hydrogen (secondary N) is 1. The van der Waals surface area contributed by atoms with Crippen molar-refractivity contribution in [2.75, 3.05) is 5.75 Å². The monoisotopic (exact) mass is 376 g/mol. The smallest absolute Gasteiger partial charge is 0.230 e. The third-order valence-corrected chi connectivity index (χ3v) is 6.36. The van der Waals surface area contributed by atoms with Crippen molar-refractivity contribution in [2.45, 2.75) is 44.3 Å². The van der Waals surface area contributed by atoms with Gasteiger partial charge in [-0.3, -0.25) is 4.79 Å². The summed E-state index contributed by atoms with van der Waals surface area (Å²) in [7, 11) is 1.78. The number of nitrogens with zero attached hydrogens (tertiary/aromatic N) is 3. The van der Waals surface area contributed by atoms with Crippen LogP contribution < -0.4 is 5.32 Å². The molecule has 0 saturated heterocycles. The molecule has 0 radical (unpaired) electrons. The van der Waals surface area contributed by atoms with Crippen LogP contribution in [-0.2, 0) is 11.8 Å². The van der Waals surface area contributed by atoms with Crippen molar-refractivity contribution in [3.8, 4) is 11.4 Å². The Kier molecular flexibility index (Phi) is 5.96. The van der Waals surface area contributed by atoms with Crippen molar-refractivity contribution in [1.82, 2.24) is 20.1 Å². The van der Waals surface area contributed by atoms with Crippen LogP contribution in [0.1, 0.15) is 33.1 Å². The van der Waals surface area contributed by atoms with E-state index in [1.54, 1.807) is 29.8 Å². The SMILES string of the molecule is C[C@H]1[C@@H](NC(=O)CSc2nnc(-c3ccccc3F)n2C)CCC[C@@H]1C. The maximum atomic E-state index is 14.0. The minimum Gasteiger partial charge on any atom is -0.352 e. The number of benzene rings is 1. The summed E-state index contributed by atoms with van der Waals surface area (Å²) < 4.78 is 15.7. The van der Waals surface area contributed by atoms with Gasteiger partial charge < -0.3 is 9.88 Å². The van der Waals surface area contributed by atoms with Gasteiger partial charge in [0.05, 0.1) is 11.3 Å². The van der Waals surface area contributed by atoms with Crippen molar-refractivity contribution in [3.63, 3.8) is 0 Å². The first-order valence-corrected chi connectivity index (χ1v) is 10.0. The Hall–Kier alpha value is -1.89. The Balaban J connectivity index is 1.60. The summed E-state index contributed by atoms with van der Waals surface area (Å²) in [6, 6.07) is 6.73. The zero-order valence-electron chi connectivity index (χ0n) is 15.4. The van der Waals surface area contributed by atoms with E-state index in [0.717, 1.165) is 6.42 Å². The van der Waals surface area contributed by atoms with Crippen molar-refractivity contribution < 1.29 is 9.18 Å². The first-order chi connectivity index (χ1) is 12.5. The van der Waals surface area contributed by atoms with Crippen LogP contribution in [0.4, 0.5) is 4.39 Å². The summed E-state index contributed by atoms with van der Waals surface area (Å²) in [5.74, 6) is 1.56. The van der Waals surface area contributed by atoms with Crippen LogP contribution in [0.5, 0.6) is 0 Å². The van der Waals surface area contributed by atoms with E-state index in [1.807, 2.05) is 0 Å². The standard InChI is InChI=1S/C19H25FN4OS/c1-12-7-6-10-16(13(12)2)21-17(25)11-26-19-23-22-18(24(19)3)14-8-4-5-9-15(14)20/h4-5,8-9,12-13,16H,6-7,10-11H2,1-3H3,(H,21,25)/t12-,13+,16-/m0/s1. The van der Waals surface area contributed by atoms with Crippen molar-refractivity contribution in [1.29, 1.82) is 0 Å². The average molecular weight is 377 g/mol. The van der Waals surface area contributed by atoms with Gasteiger partial charge in [0, 0.05) is 13.1 Å². The van der Waals surface area contributed by atoms with E-state index in [-0.39, 0.29) is 23.5 Å². The molecular weight excluding hydrogens is 351 g/mol. The van der Waals surface area contributed by atoms with Gasteiger partial charge in [0.1, 0.15) is 5.82 Å². The highest BCUT2D eigenvalue weighted by molar-refractivity contribution is 7.99. The molecule has 140 valence electrons. The fourth-order valence-corrected chi connectivity index (χ4v) is 4.20. The molecule has 1 aromatic heterocycles. The molecule has 1 aliphatic carbocycles. The van der Waals surface area contributed by atoms with Gasteiger partial charge in [-0.25, -0.2) is 4.39 Å². The summed E-state index contributed by atoms with van der Waals surface area (Å²) in [4.78, 5) is 12.3. The number of hydrogen-bond donors (Lipinski definition) is 1. The molecule has 0 aliphatic heterocycles. The number of rotatable bonds is 5. The highest BCUT2D eigenvalue weighted by atomic mass is 32.2. The van der Waals surface area contributed by atoms with Crippen LogP contribution in [0.15, 0.2) is 29.4 Å². The molecule has 0 unspecified atom stereocenters. The molecule has 1 saturated carbocycles. The number of amides is 1. The van der Waals surface area contributed by atoms with Crippen molar-refractivity contribution >= 4 is 17.7 Å². The lowest BCUT2D eigenvalue weighted by Gasteiger charge is -2.34. The topological polar surface area (TPSA) is 59.8 Å². The van der Waals surface area contributed by atoms with E-state index in [0.29, 0.717) is 28.4 Å². The first kappa shape index (κ1) is 18.9. The molecule has 1 N–H and O–H groups in total. The van der Waals surface area contributed by atoms with Crippen LogP contribution in [0.3, 0.4) is 0 Å². The second-order valence-electron chi connectivity index (χ2n) is 7.08. The fraction of sp³-hybridized carbons (Fsp3) is 0.526. The second kappa shape index (κ2) is 8.20. The van der Waals surface area contributed by atoms with Gasteiger partial charge in [0.2, 0.25) is 5.91 Å². The van der Waals surface area contributed by atoms with Gasteiger partial charge in [-0.05, 0) is 30.4 Å². The molecule has 3 atom stereocenters. The minimum absolute atomic E-state index is 0.0105. The van der Waals surface area contributed by atoms with Gasteiger partial charge in [-0.2, -0.15) is 0 Å². The zero-order chi connectivity index (χ0) is 18.7. The molecule has 1 amide bonds. The Morgan fingerprint density at radius 1 is 1.31 bits per heavy atom. The Labute approximate surface area is 157 Å². The van der Waals surface area contributed by atoms with E-state index in [2.05, 4.69) is 29.4 Å². The van der Waals surface area contributed by atoms with Crippen LogP contribution >= 0.6 is 11.8 Å². The number of hydrogen-bond acceptors (Lipinski definition) is 4. The third-order valence-electron chi connectivity index (χ3n) is 5.34. The quantitative estimate of drug-likeness (QED) is 0.809. The molecule has 5 nitrogen and oxygen atoms in total. The molecular formula is C19H25FN4OS. The molecule has 3 rings (SSSR count). The van der Waals surface area contributed by atoms with E-state index in [1.165, 1.54) is 30.7 Å². The predicted molar refractivity (Wildman–Crippen MR) is 101 cm³/mol. The Morgan fingerprint density at radius 3 is 2.85 bits per heavy atom. The fourth-order valence-electron chi connectivity index (χ4n) is 3.48. The maximum Gasteiger partial charge on any atom is 0.230 e. The second-order valence-corrected chi connectivity index (χ2v) is 8.02. The highest BCUT2D eigenvalue weighted by Gasteiger charge is 2.28. The van der Waals surface area contributed by atoms with Crippen LogP contribution in [0, 0.1) is 17.7 Å². The molecule has 2 aromatic rings. The molecule has 7 heteroatoms. The summed E-state index contributed by atoms with van der Waals surface area (Å²) in [5.41, 5.74) is 0.406. The van der Waals surface area contributed by atoms with Crippen molar-refractivity contribution in [2.24, 2.45) is 18.9 Å². The number of aromatic nitrogens is 3. The lowest BCUT2D eigenvalue weighted by Crippen LogP contribution is -2.44. The Morgan fingerprint density at radius 2 is 2.08 bits per heavy atom. The molecule has 1 fully saturated rings. The molecule has 26 heavy (non-hydrogen) atoms.